The van der Waals surface area contributed by atoms with E-state index in [-0.39, 0.29) is 25.0 Å². The molecule has 174 valence electrons. The van der Waals surface area contributed by atoms with E-state index in [1.54, 1.807) is 6.08 Å². The number of amides is 1. The molecular formula is C25H29N3O4S. The first-order valence-corrected chi connectivity index (χ1v) is 12.0. The Hall–Kier alpha value is -2.84. The molecule has 3 heterocycles. The van der Waals surface area contributed by atoms with E-state index in [2.05, 4.69) is 16.9 Å². The van der Waals surface area contributed by atoms with Crippen molar-refractivity contribution in [2.24, 2.45) is 4.99 Å². The van der Waals surface area contributed by atoms with E-state index in [1.807, 2.05) is 48.4 Å². The van der Waals surface area contributed by atoms with Gasteiger partial charge in [-0.15, -0.1) is 0 Å². The fourth-order valence-electron chi connectivity index (χ4n) is 4.17. The maximum atomic E-state index is 13.0. The zero-order chi connectivity index (χ0) is 23.4. The minimum Gasteiger partial charge on any atom is -0.458 e. The number of fused-ring (bicyclic) bond motifs is 1. The number of hydrogen-bond donors (Lipinski definition) is 1. The first-order valence-electron chi connectivity index (χ1n) is 11.1. The molecule has 8 heteroatoms. The molecule has 1 aromatic rings. The summed E-state index contributed by atoms with van der Waals surface area (Å²) in [5, 5.41) is 5.68. The number of nitrogens with zero attached hydrogens (tertiary/aromatic N) is 2. The summed E-state index contributed by atoms with van der Waals surface area (Å²) in [5.41, 5.74) is 3.95. The Morgan fingerprint density at radius 2 is 2.12 bits per heavy atom. The van der Waals surface area contributed by atoms with Crippen molar-refractivity contribution in [3.8, 4) is 0 Å². The van der Waals surface area contributed by atoms with E-state index in [1.165, 1.54) is 11.8 Å². The highest BCUT2D eigenvalue weighted by Gasteiger charge is 2.41. The molecule has 0 radical (unpaired) electrons. The number of rotatable bonds is 8. The second kappa shape index (κ2) is 10.4. The third-order valence-corrected chi connectivity index (χ3v) is 6.73. The van der Waals surface area contributed by atoms with Gasteiger partial charge in [0.1, 0.15) is 6.61 Å². The molecule has 1 aromatic carbocycles. The molecule has 0 bridgehead atoms. The number of esters is 1. The summed E-state index contributed by atoms with van der Waals surface area (Å²) in [6, 6.07) is 7.63. The molecule has 33 heavy (non-hydrogen) atoms. The molecule has 1 fully saturated rings. The van der Waals surface area contributed by atoms with Gasteiger partial charge >= 0.3 is 5.97 Å². The van der Waals surface area contributed by atoms with Crippen molar-refractivity contribution in [2.45, 2.75) is 45.3 Å². The van der Waals surface area contributed by atoms with Crippen molar-refractivity contribution in [2.75, 3.05) is 19.8 Å². The molecule has 0 saturated carbocycles. The first kappa shape index (κ1) is 23.3. The Kier molecular flexibility index (Phi) is 7.35. The van der Waals surface area contributed by atoms with Crippen LogP contribution < -0.4 is 5.32 Å². The van der Waals surface area contributed by atoms with Gasteiger partial charge < -0.3 is 19.7 Å². The van der Waals surface area contributed by atoms with Gasteiger partial charge in [0.2, 0.25) is 5.91 Å². The molecule has 2 atom stereocenters. The van der Waals surface area contributed by atoms with Gasteiger partial charge in [-0.25, -0.2) is 9.79 Å². The van der Waals surface area contributed by atoms with Crippen molar-refractivity contribution in [1.29, 1.82) is 0 Å². The van der Waals surface area contributed by atoms with Gasteiger partial charge in [0, 0.05) is 18.8 Å². The Balaban J connectivity index is 1.59. The lowest BCUT2D eigenvalue weighted by Crippen LogP contribution is -2.38. The molecule has 3 aliphatic heterocycles. The van der Waals surface area contributed by atoms with Gasteiger partial charge in [-0.05, 0) is 37.7 Å². The number of thioether (sulfide) groups is 1. The quantitative estimate of drug-likeness (QED) is 0.460. The number of carbonyl (C=O) groups excluding carboxylic acids is 2. The molecule has 1 N–H and O–H groups in total. The minimum absolute atomic E-state index is 0.0803. The number of carbonyl (C=O) groups is 2. The fourth-order valence-corrected chi connectivity index (χ4v) is 5.13. The average Bonchev–Trinajstić information content (AvgIpc) is 3.46. The van der Waals surface area contributed by atoms with Crippen LogP contribution >= 0.6 is 11.8 Å². The summed E-state index contributed by atoms with van der Waals surface area (Å²) in [6.07, 6.45) is 3.82. The molecule has 4 rings (SSSR count). The summed E-state index contributed by atoms with van der Waals surface area (Å²) in [5.74, 6) is -0.511. The van der Waals surface area contributed by atoms with Crippen LogP contribution in [0.15, 0.2) is 64.3 Å². The van der Waals surface area contributed by atoms with Crippen LogP contribution in [-0.4, -0.2) is 47.8 Å². The highest BCUT2D eigenvalue weighted by Crippen LogP contribution is 2.44. The zero-order valence-corrected chi connectivity index (χ0v) is 19.8. The third kappa shape index (κ3) is 5.23. The van der Waals surface area contributed by atoms with Crippen molar-refractivity contribution < 1.29 is 19.1 Å². The minimum atomic E-state index is -0.431. The molecule has 2 unspecified atom stereocenters. The number of allylic oxidation sites excluding steroid dienone is 1. The molecule has 0 spiro atoms. The van der Waals surface area contributed by atoms with Gasteiger partial charge in [-0.1, -0.05) is 54.2 Å². The van der Waals surface area contributed by atoms with Gasteiger partial charge in [-0.2, -0.15) is 0 Å². The van der Waals surface area contributed by atoms with Gasteiger partial charge in [0.15, 0.2) is 5.17 Å². The first-order chi connectivity index (χ1) is 16.0. The van der Waals surface area contributed by atoms with E-state index in [0.717, 1.165) is 41.4 Å². The maximum Gasteiger partial charge on any atom is 0.338 e. The predicted molar refractivity (Wildman–Crippen MR) is 129 cm³/mol. The molecule has 3 aliphatic rings. The summed E-state index contributed by atoms with van der Waals surface area (Å²) in [7, 11) is 0. The second-order valence-electron chi connectivity index (χ2n) is 8.31. The molecule has 0 aliphatic carbocycles. The summed E-state index contributed by atoms with van der Waals surface area (Å²) < 4.78 is 11.0. The van der Waals surface area contributed by atoms with Crippen LogP contribution in [0.1, 0.15) is 43.4 Å². The summed E-state index contributed by atoms with van der Waals surface area (Å²) in [4.78, 5) is 32.4. The van der Waals surface area contributed by atoms with Crippen LogP contribution in [0.25, 0.3) is 0 Å². The van der Waals surface area contributed by atoms with E-state index in [0.29, 0.717) is 17.8 Å². The number of aryl methyl sites for hydroxylation is 1. The lowest BCUT2D eigenvalue weighted by atomic mass is 9.93. The number of hydrogen-bond acceptors (Lipinski definition) is 7. The zero-order valence-electron chi connectivity index (χ0n) is 19.0. The molecule has 7 nitrogen and oxygen atoms in total. The molecular weight excluding hydrogens is 438 g/mol. The van der Waals surface area contributed by atoms with Crippen molar-refractivity contribution >= 4 is 28.8 Å². The van der Waals surface area contributed by atoms with Crippen molar-refractivity contribution in [3.63, 3.8) is 0 Å². The van der Waals surface area contributed by atoms with Gasteiger partial charge in [0.05, 0.1) is 29.8 Å². The number of ether oxygens (including phenoxy) is 2. The summed E-state index contributed by atoms with van der Waals surface area (Å²) >= 11 is 1.46. The average molecular weight is 468 g/mol. The fraction of sp³-hybridized carbons (Fsp3) is 0.400. The van der Waals surface area contributed by atoms with E-state index in [9.17, 15) is 9.59 Å². The van der Waals surface area contributed by atoms with Crippen LogP contribution in [0.4, 0.5) is 0 Å². The van der Waals surface area contributed by atoms with Gasteiger partial charge in [-0.3, -0.25) is 4.79 Å². The van der Waals surface area contributed by atoms with Crippen molar-refractivity contribution in [3.05, 3.63) is 70.4 Å². The third-order valence-electron chi connectivity index (χ3n) is 5.84. The Morgan fingerprint density at radius 1 is 1.33 bits per heavy atom. The smallest absolute Gasteiger partial charge is 0.338 e. The Bertz CT molecular complexity index is 1020. The van der Waals surface area contributed by atoms with Crippen LogP contribution in [0, 0.1) is 6.92 Å². The Labute approximate surface area is 198 Å². The number of aliphatic imine (C=N–C) groups is 1. The lowest BCUT2D eigenvalue weighted by Gasteiger charge is -2.36. The van der Waals surface area contributed by atoms with Crippen LogP contribution in [-0.2, 0) is 19.1 Å². The SMILES string of the molecule is C=CCOC(=O)C1=C(C)N=C2SC=C(CC(=O)NCC3CCCO3)N2C1c1ccc(C)cc1. The van der Waals surface area contributed by atoms with Crippen LogP contribution in [0.3, 0.4) is 0 Å². The maximum absolute atomic E-state index is 13.0. The second-order valence-corrected chi connectivity index (χ2v) is 9.14. The topological polar surface area (TPSA) is 80.2 Å². The number of amidine groups is 1. The van der Waals surface area contributed by atoms with Crippen molar-refractivity contribution in [1.82, 2.24) is 10.2 Å². The van der Waals surface area contributed by atoms with Crippen LogP contribution in [0.2, 0.25) is 0 Å². The summed E-state index contributed by atoms with van der Waals surface area (Å²) in [6.45, 7) is 8.86. The van der Waals surface area contributed by atoms with E-state index >= 15 is 0 Å². The highest BCUT2D eigenvalue weighted by molar-refractivity contribution is 8.16. The van der Waals surface area contributed by atoms with Crippen LogP contribution in [0.5, 0.6) is 0 Å². The Morgan fingerprint density at radius 3 is 2.82 bits per heavy atom. The predicted octanol–water partition coefficient (Wildman–Crippen LogP) is 3.98. The van der Waals surface area contributed by atoms with E-state index < -0.39 is 12.0 Å². The largest absolute Gasteiger partial charge is 0.458 e. The van der Waals surface area contributed by atoms with Gasteiger partial charge in [0.25, 0.3) is 0 Å². The highest BCUT2D eigenvalue weighted by atomic mass is 32.2. The number of nitrogens with one attached hydrogen (secondary N) is 1. The van der Waals surface area contributed by atoms with E-state index in [4.69, 9.17) is 9.47 Å². The molecule has 0 aromatic heterocycles. The number of benzene rings is 1. The molecule has 1 saturated heterocycles. The lowest BCUT2D eigenvalue weighted by molar-refractivity contribution is -0.138. The standard InChI is InChI=1S/C25H29N3O4S/c1-4-11-32-24(30)22-17(3)27-25-28(23(22)18-9-7-16(2)8-10-18)19(15-33-25)13-21(29)26-14-20-6-5-12-31-20/h4,7-10,15,20,23H,1,5-6,11-14H2,2-3H3,(H,26,29). The molecule has 1 amide bonds. The normalized spacial score (nSPS) is 21.9. The monoisotopic (exact) mass is 467 g/mol.